The third-order valence-electron chi connectivity index (χ3n) is 4.40. The van der Waals surface area contributed by atoms with E-state index in [1.807, 2.05) is 6.07 Å². The Morgan fingerprint density at radius 3 is 2.77 bits per heavy atom. The number of nitrogens with zero attached hydrogens (tertiary/aromatic N) is 4. The number of hydrogen-bond acceptors (Lipinski definition) is 4. The summed E-state index contributed by atoms with van der Waals surface area (Å²) in [5, 5.41) is 13.1. The number of piperidine rings is 1. The molecule has 1 aliphatic heterocycles. The highest BCUT2D eigenvalue weighted by molar-refractivity contribution is 5.66. The maximum atomic E-state index is 12.6. The molecule has 140 valence electrons. The van der Waals surface area contributed by atoms with Crippen LogP contribution in [0.25, 0.3) is 0 Å². The Labute approximate surface area is 148 Å². The minimum absolute atomic E-state index is 0.173. The lowest BCUT2D eigenvalue weighted by atomic mass is 9.94. The first-order valence-corrected chi connectivity index (χ1v) is 8.31. The van der Waals surface area contributed by atoms with Gasteiger partial charge in [0.1, 0.15) is 12.2 Å². The van der Waals surface area contributed by atoms with Gasteiger partial charge < -0.3 is 5.11 Å². The minimum atomic E-state index is -4.43. The van der Waals surface area contributed by atoms with E-state index >= 15 is 0 Å². The molecule has 3 rings (SSSR count). The van der Waals surface area contributed by atoms with Crippen molar-refractivity contribution >= 4 is 5.97 Å². The Morgan fingerprint density at radius 2 is 2.12 bits per heavy atom. The minimum Gasteiger partial charge on any atom is -0.480 e. The third kappa shape index (κ3) is 4.60. The van der Waals surface area contributed by atoms with Crippen molar-refractivity contribution in [2.24, 2.45) is 0 Å². The van der Waals surface area contributed by atoms with Crippen LogP contribution in [0.3, 0.4) is 0 Å². The second kappa shape index (κ2) is 7.45. The van der Waals surface area contributed by atoms with Crippen molar-refractivity contribution < 1.29 is 23.1 Å². The summed E-state index contributed by atoms with van der Waals surface area (Å²) in [7, 11) is 0. The Bertz CT molecular complexity index is 758. The predicted molar refractivity (Wildman–Crippen MR) is 86.4 cm³/mol. The van der Waals surface area contributed by atoms with Crippen LogP contribution in [0.4, 0.5) is 13.2 Å². The Kier molecular flexibility index (Phi) is 5.26. The number of carboxylic acids is 1. The lowest BCUT2D eigenvalue weighted by molar-refractivity contribution is -0.141. The third-order valence-corrected chi connectivity index (χ3v) is 4.40. The fraction of sp³-hybridized carbons (Fsp3) is 0.471. The molecule has 0 amide bonds. The van der Waals surface area contributed by atoms with Gasteiger partial charge in [-0.25, -0.2) is 0 Å². The molecule has 0 bridgehead atoms. The summed E-state index contributed by atoms with van der Waals surface area (Å²) in [6.07, 6.45) is 0.399. The first-order valence-electron chi connectivity index (χ1n) is 8.31. The molecule has 0 unspecified atom stereocenters. The van der Waals surface area contributed by atoms with Gasteiger partial charge in [0, 0.05) is 31.4 Å². The van der Waals surface area contributed by atoms with E-state index in [0.29, 0.717) is 6.54 Å². The molecule has 2 aromatic heterocycles. The number of aromatic nitrogens is 3. The van der Waals surface area contributed by atoms with Gasteiger partial charge >= 0.3 is 12.1 Å². The fourth-order valence-corrected chi connectivity index (χ4v) is 3.21. The van der Waals surface area contributed by atoms with E-state index in [1.54, 1.807) is 6.20 Å². The normalized spacial score (nSPS) is 18.8. The number of halogens is 3. The quantitative estimate of drug-likeness (QED) is 0.879. The molecule has 3 heterocycles. The number of carboxylic acid groups (broad SMARTS) is 1. The van der Waals surface area contributed by atoms with Crippen molar-refractivity contribution in [2.75, 3.05) is 13.1 Å². The monoisotopic (exact) mass is 368 g/mol. The Balaban J connectivity index is 1.61. The van der Waals surface area contributed by atoms with E-state index in [9.17, 15) is 18.0 Å². The van der Waals surface area contributed by atoms with Crippen LogP contribution in [0.5, 0.6) is 0 Å². The molecular formula is C17H19F3N4O2. The number of hydrogen-bond donors (Lipinski definition) is 1. The standard InChI is InChI=1S/C17H19F3N4O2/c18-17(19,20)15-4-3-12(8-21-15)9-23-6-1-2-13(10-23)14-5-7-24(22-14)11-16(25)26/h3-5,7-8,13H,1-2,6,9-11H2,(H,25,26)/t13-/m1/s1. The van der Waals surface area contributed by atoms with Crippen LogP contribution in [-0.4, -0.2) is 43.8 Å². The number of rotatable bonds is 5. The summed E-state index contributed by atoms with van der Waals surface area (Å²) in [5.74, 6) is -0.763. The molecule has 26 heavy (non-hydrogen) atoms. The molecule has 1 atom stereocenters. The smallest absolute Gasteiger partial charge is 0.433 e. The molecule has 0 aromatic carbocycles. The number of alkyl halides is 3. The molecule has 0 aliphatic carbocycles. The molecule has 0 spiro atoms. The molecule has 1 saturated heterocycles. The first kappa shape index (κ1) is 18.4. The van der Waals surface area contributed by atoms with Gasteiger partial charge in [-0.2, -0.15) is 18.3 Å². The number of aliphatic carboxylic acids is 1. The highest BCUT2D eigenvalue weighted by atomic mass is 19.4. The SMILES string of the molecule is O=C(O)Cn1ccc([C@@H]2CCCN(Cc3ccc(C(F)(F)F)nc3)C2)n1. The second-order valence-corrected chi connectivity index (χ2v) is 6.46. The summed E-state index contributed by atoms with van der Waals surface area (Å²) < 4.78 is 39.1. The van der Waals surface area contributed by atoms with Crippen LogP contribution in [0.15, 0.2) is 30.6 Å². The van der Waals surface area contributed by atoms with Gasteiger partial charge in [-0.05, 0) is 37.1 Å². The molecule has 1 aliphatic rings. The largest absolute Gasteiger partial charge is 0.480 e. The van der Waals surface area contributed by atoms with E-state index in [0.717, 1.165) is 43.3 Å². The summed E-state index contributed by atoms with van der Waals surface area (Å²) in [4.78, 5) is 16.4. The molecule has 1 N–H and O–H groups in total. The van der Waals surface area contributed by atoms with Gasteiger partial charge in [0.05, 0.1) is 5.69 Å². The average Bonchev–Trinajstić information content (AvgIpc) is 3.02. The van der Waals surface area contributed by atoms with E-state index in [1.165, 1.54) is 16.9 Å². The van der Waals surface area contributed by atoms with Crippen molar-refractivity contribution in [1.82, 2.24) is 19.7 Å². The van der Waals surface area contributed by atoms with E-state index in [2.05, 4.69) is 15.0 Å². The zero-order valence-corrected chi connectivity index (χ0v) is 14.0. The van der Waals surface area contributed by atoms with Crippen LogP contribution >= 0.6 is 0 Å². The molecule has 6 nitrogen and oxygen atoms in total. The van der Waals surface area contributed by atoms with Crippen LogP contribution in [0, 0.1) is 0 Å². The molecule has 0 radical (unpaired) electrons. The first-order chi connectivity index (χ1) is 12.3. The summed E-state index contributed by atoms with van der Waals surface area (Å²) in [5.41, 5.74) is 0.693. The summed E-state index contributed by atoms with van der Waals surface area (Å²) >= 11 is 0. The van der Waals surface area contributed by atoms with Crippen molar-refractivity contribution in [1.29, 1.82) is 0 Å². The summed E-state index contributed by atoms with van der Waals surface area (Å²) in [6, 6.07) is 4.29. The lowest BCUT2D eigenvalue weighted by Crippen LogP contribution is -2.34. The van der Waals surface area contributed by atoms with Crippen LogP contribution < -0.4 is 0 Å². The van der Waals surface area contributed by atoms with Crippen molar-refractivity contribution in [3.05, 3.63) is 47.5 Å². The lowest BCUT2D eigenvalue weighted by Gasteiger charge is -2.31. The van der Waals surface area contributed by atoms with Crippen molar-refractivity contribution in [3.63, 3.8) is 0 Å². The Morgan fingerprint density at radius 1 is 1.31 bits per heavy atom. The molecule has 9 heteroatoms. The Hall–Kier alpha value is -2.42. The molecular weight excluding hydrogens is 349 g/mol. The highest BCUT2D eigenvalue weighted by Crippen LogP contribution is 2.29. The zero-order valence-electron chi connectivity index (χ0n) is 14.0. The number of pyridine rings is 1. The van der Waals surface area contributed by atoms with E-state index < -0.39 is 17.8 Å². The average molecular weight is 368 g/mol. The van der Waals surface area contributed by atoms with Crippen LogP contribution in [0.1, 0.15) is 35.7 Å². The maximum absolute atomic E-state index is 12.6. The van der Waals surface area contributed by atoms with Crippen molar-refractivity contribution in [3.8, 4) is 0 Å². The molecule has 1 fully saturated rings. The highest BCUT2D eigenvalue weighted by Gasteiger charge is 2.32. The number of carbonyl (C=O) groups is 1. The number of likely N-dealkylation sites (tertiary alicyclic amines) is 1. The van der Waals surface area contributed by atoms with Gasteiger partial charge in [0.2, 0.25) is 0 Å². The topological polar surface area (TPSA) is 71.2 Å². The van der Waals surface area contributed by atoms with E-state index in [4.69, 9.17) is 5.11 Å². The van der Waals surface area contributed by atoms with Gasteiger partial charge in [0.25, 0.3) is 0 Å². The van der Waals surface area contributed by atoms with Crippen LogP contribution in [-0.2, 0) is 24.1 Å². The van der Waals surface area contributed by atoms with Gasteiger partial charge in [-0.15, -0.1) is 0 Å². The van der Waals surface area contributed by atoms with Gasteiger partial charge in [0.15, 0.2) is 0 Å². The molecule has 0 saturated carbocycles. The maximum Gasteiger partial charge on any atom is 0.433 e. The van der Waals surface area contributed by atoms with Gasteiger partial charge in [-0.1, -0.05) is 6.07 Å². The fourth-order valence-electron chi connectivity index (χ4n) is 3.21. The summed E-state index contributed by atoms with van der Waals surface area (Å²) in [6.45, 7) is 1.93. The zero-order chi connectivity index (χ0) is 18.7. The van der Waals surface area contributed by atoms with E-state index in [-0.39, 0.29) is 12.5 Å². The van der Waals surface area contributed by atoms with Gasteiger partial charge in [-0.3, -0.25) is 19.4 Å². The van der Waals surface area contributed by atoms with Crippen molar-refractivity contribution in [2.45, 2.75) is 38.0 Å². The van der Waals surface area contributed by atoms with Crippen LogP contribution in [0.2, 0.25) is 0 Å². The second-order valence-electron chi connectivity index (χ2n) is 6.46. The predicted octanol–water partition coefficient (Wildman–Crippen LogP) is 2.76. The molecule has 2 aromatic rings.